The van der Waals surface area contributed by atoms with Gasteiger partial charge in [-0.1, -0.05) is 91.1 Å². The quantitative estimate of drug-likeness (QED) is 0.786. The van der Waals surface area contributed by atoms with Crippen molar-refractivity contribution < 1.29 is 5.11 Å². The van der Waals surface area contributed by atoms with Gasteiger partial charge in [-0.2, -0.15) is 0 Å². The molecule has 3 atom stereocenters. The Bertz CT molecular complexity index is 648. The Morgan fingerprint density at radius 1 is 1.04 bits per heavy atom. The van der Waals surface area contributed by atoms with E-state index in [1.165, 1.54) is 17.2 Å². The number of aliphatic hydroxyl groups excluding tert-OH is 1. The van der Waals surface area contributed by atoms with Crippen LogP contribution < -0.4 is 5.19 Å². The molecule has 0 radical (unpaired) electrons. The second kappa shape index (κ2) is 6.86. The van der Waals surface area contributed by atoms with Gasteiger partial charge in [-0.3, -0.25) is 0 Å². The number of benzene rings is 2. The van der Waals surface area contributed by atoms with E-state index in [2.05, 4.69) is 79.8 Å². The lowest BCUT2D eigenvalue weighted by molar-refractivity contribution is 0.275. The molecule has 0 heterocycles. The van der Waals surface area contributed by atoms with Crippen LogP contribution in [0.15, 0.2) is 66.7 Å². The Balaban J connectivity index is 1.70. The summed E-state index contributed by atoms with van der Waals surface area (Å²) in [6, 6.07) is 21.3. The van der Waals surface area contributed by atoms with Gasteiger partial charge in [-0.25, -0.2) is 0 Å². The predicted molar refractivity (Wildman–Crippen MR) is 101 cm³/mol. The highest BCUT2D eigenvalue weighted by atomic mass is 28.3. The molecule has 0 bridgehead atoms. The van der Waals surface area contributed by atoms with Gasteiger partial charge in [0.25, 0.3) is 0 Å². The minimum atomic E-state index is -1.64. The van der Waals surface area contributed by atoms with Crippen LogP contribution in [0.3, 0.4) is 0 Å². The Kier molecular flexibility index (Phi) is 4.84. The first-order chi connectivity index (χ1) is 11.1. The Morgan fingerprint density at radius 2 is 1.65 bits per heavy atom. The van der Waals surface area contributed by atoms with Crippen molar-refractivity contribution in [2.45, 2.75) is 25.1 Å². The predicted octanol–water partition coefficient (Wildman–Crippen LogP) is 4.31. The van der Waals surface area contributed by atoms with Crippen molar-refractivity contribution in [3.63, 3.8) is 0 Å². The van der Waals surface area contributed by atoms with Crippen LogP contribution in [0.25, 0.3) is 6.08 Å². The molecule has 1 nitrogen and oxygen atoms in total. The minimum Gasteiger partial charge on any atom is -0.396 e. The van der Waals surface area contributed by atoms with Gasteiger partial charge in [0.2, 0.25) is 0 Å². The molecule has 1 aliphatic carbocycles. The van der Waals surface area contributed by atoms with Crippen molar-refractivity contribution in [1.82, 2.24) is 0 Å². The van der Waals surface area contributed by atoms with Crippen LogP contribution in [-0.2, 0) is 0 Å². The molecule has 1 saturated carbocycles. The van der Waals surface area contributed by atoms with Gasteiger partial charge in [0.15, 0.2) is 0 Å². The molecule has 0 spiro atoms. The van der Waals surface area contributed by atoms with Gasteiger partial charge < -0.3 is 5.11 Å². The highest BCUT2D eigenvalue weighted by molar-refractivity contribution is 6.91. The summed E-state index contributed by atoms with van der Waals surface area (Å²) in [6.45, 7) is 5.12. The summed E-state index contributed by atoms with van der Waals surface area (Å²) in [5.41, 5.74) is 1.70. The van der Waals surface area contributed by atoms with Crippen LogP contribution in [0, 0.1) is 11.8 Å². The molecule has 2 aromatic carbocycles. The summed E-state index contributed by atoms with van der Waals surface area (Å²) in [5, 5.41) is 11.5. The number of allylic oxidation sites excluding steroid dienone is 1. The first-order valence-electron chi connectivity index (χ1n) is 8.52. The molecular formula is C21H26OSi. The third-order valence-electron chi connectivity index (χ3n) is 5.38. The van der Waals surface area contributed by atoms with Crippen LogP contribution in [0.2, 0.25) is 18.6 Å². The summed E-state index contributed by atoms with van der Waals surface area (Å²) < 4.78 is 0. The van der Waals surface area contributed by atoms with Crippen LogP contribution >= 0.6 is 0 Å². The van der Waals surface area contributed by atoms with E-state index in [4.69, 9.17) is 0 Å². The molecule has 0 aliphatic heterocycles. The van der Waals surface area contributed by atoms with Crippen molar-refractivity contribution in [3.8, 4) is 0 Å². The summed E-state index contributed by atoms with van der Waals surface area (Å²) in [7, 11) is -1.64. The number of hydrogen-bond acceptors (Lipinski definition) is 1. The van der Waals surface area contributed by atoms with Crippen molar-refractivity contribution in [1.29, 1.82) is 0 Å². The van der Waals surface area contributed by atoms with Gasteiger partial charge >= 0.3 is 0 Å². The van der Waals surface area contributed by atoms with E-state index in [0.717, 1.165) is 0 Å². The largest absolute Gasteiger partial charge is 0.396 e. The van der Waals surface area contributed by atoms with Crippen molar-refractivity contribution in [2.24, 2.45) is 11.8 Å². The second-order valence-corrected chi connectivity index (χ2v) is 12.0. The molecule has 23 heavy (non-hydrogen) atoms. The lowest BCUT2D eigenvalue weighted by Gasteiger charge is -2.32. The monoisotopic (exact) mass is 322 g/mol. The smallest absolute Gasteiger partial charge is 0.0862 e. The minimum absolute atomic E-state index is 0.314. The number of aliphatic hydroxyl groups is 1. The zero-order valence-electron chi connectivity index (χ0n) is 14.0. The summed E-state index contributed by atoms with van der Waals surface area (Å²) in [4.78, 5) is 0. The first kappa shape index (κ1) is 16.2. The van der Waals surface area contributed by atoms with Gasteiger partial charge in [0.1, 0.15) is 0 Å². The fourth-order valence-corrected chi connectivity index (χ4v) is 7.09. The molecule has 3 rings (SSSR count). The van der Waals surface area contributed by atoms with Crippen LogP contribution in [0.5, 0.6) is 0 Å². The third kappa shape index (κ3) is 3.65. The van der Waals surface area contributed by atoms with E-state index in [9.17, 15) is 5.11 Å². The lowest BCUT2D eigenvalue weighted by Crippen LogP contribution is -2.48. The zero-order chi connectivity index (χ0) is 16.3. The van der Waals surface area contributed by atoms with Crippen LogP contribution in [0.4, 0.5) is 0 Å². The fourth-order valence-electron chi connectivity index (χ4n) is 3.70. The molecule has 1 aliphatic rings. The van der Waals surface area contributed by atoms with E-state index in [1.807, 2.05) is 6.07 Å². The van der Waals surface area contributed by atoms with E-state index >= 15 is 0 Å². The van der Waals surface area contributed by atoms with E-state index in [0.29, 0.717) is 24.0 Å². The molecule has 0 aromatic heterocycles. The molecule has 2 aromatic rings. The maximum atomic E-state index is 10.0. The lowest BCUT2D eigenvalue weighted by atomic mass is 10.1. The Hall–Kier alpha value is -1.64. The van der Waals surface area contributed by atoms with Crippen molar-refractivity contribution in [2.75, 3.05) is 6.61 Å². The van der Waals surface area contributed by atoms with Gasteiger partial charge in [-0.15, -0.1) is 0 Å². The molecule has 0 saturated heterocycles. The summed E-state index contributed by atoms with van der Waals surface area (Å²) in [5.74, 6) is 1.27. The summed E-state index contributed by atoms with van der Waals surface area (Å²) in [6.07, 6.45) is 5.80. The summed E-state index contributed by atoms with van der Waals surface area (Å²) >= 11 is 0. The van der Waals surface area contributed by atoms with Crippen LogP contribution in [0.1, 0.15) is 12.0 Å². The average Bonchev–Trinajstić information content (AvgIpc) is 3.34. The van der Waals surface area contributed by atoms with Crippen molar-refractivity contribution in [3.05, 3.63) is 72.3 Å². The van der Waals surface area contributed by atoms with Crippen LogP contribution in [-0.4, -0.2) is 19.8 Å². The molecule has 1 fully saturated rings. The maximum Gasteiger partial charge on any atom is 0.0862 e. The van der Waals surface area contributed by atoms with Crippen molar-refractivity contribution >= 4 is 19.3 Å². The van der Waals surface area contributed by atoms with E-state index < -0.39 is 8.07 Å². The normalized spacial score (nSPS) is 22.2. The maximum absolute atomic E-state index is 10.0. The average molecular weight is 323 g/mol. The molecule has 1 N–H and O–H groups in total. The van der Waals surface area contributed by atoms with Gasteiger partial charge in [0, 0.05) is 6.61 Å². The Morgan fingerprint density at radius 3 is 2.26 bits per heavy atom. The Labute approximate surface area is 140 Å². The zero-order valence-corrected chi connectivity index (χ0v) is 15.0. The molecule has 0 amide bonds. The number of hydrogen-bond donors (Lipinski definition) is 1. The van der Waals surface area contributed by atoms with Gasteiger partial charge in [-0.05, 0) is 29.4 Å². The first-order valence-corrected chi connectivity index (χ1v) is 11.6. The van der Waals surface area contributed by atoms with E-state index in [-0.39, 0.29) is 0 Å². The second-order valence-electron chi connectivity index (χ2n) is 7.21. The number of rotatable bonds is 6. The molecular weight excluding hydrogens is 296 g/mol. The molecule has 120 valence electrons. The SMILES string of the molecule is C[Si](C)(c1ccccc1)[C@H](CO)[C@H]1C[C@@H]1/C=C/c1ccccc1. The third-order valence-corrected chi connectivity index (χ3v) is 9.67. The standard InChI is InChI=1S/C21H26OSi/c1-23(2,19-11-7-4-8-12-19)21(16-22)20-15-18(20)14-13-17-9-5-3-6-10-17/h3-14,18,20-22H,15-16H2,1-2H3/b14-13+/t18-,20-,21+/m0/s1. The highest BCUT2D eigenvalue weighted by Crippen LogP contribution is 2.51. The van der Waals surface area contributed by atoms with Gasteiger partial charge in [0.05, 0.1) is 8.07 Å². The highest BCUT2D eigenvalue weighted by Gasteiger charge is 2.48. The van der Waals surface area contributed by atoms with E-state index in [1.54, 1.807) is 0 Å². The fraction of sp³-hybridized carbons (Fsp3) is 0.333. The molecule has 2 heteroatoms. The molecule has 0 unspecified atom stereocenters. The topological polar surface area (TPSA) is 20.2 Å².